The van der Waals surface area contributed by atoms with Gasteiger partial charge in [-0.15, -0.1) is 0 Å². The predicted molar refractivity (Wildman–Crippen MR) is 105 cm³/mol. The Morgan fingerprint density at radius 1 is 1.27 bits per heavy atom. The Bertz CT molecular complexity index is 830. The third-order valence-corrected chi connectivity index (χ3v) is 5.51. The Kier molecular flexibility index (Phi) is 7.25. The third-order valence-electron chi connectivity index (χ3n) is 5.51. The maximum Gasteiger partial charge on any atom is 0.471 e. The molecule has 1 atom stereocenters. The Hall–Kier alpha value is -2.26. The van der Waals surface area contributed by atoms with Gasteiger partial charge in [0.15, 0.2) is 5.78 Å². The number of rotatable bonds is 9. The van der Waals surface area contributed by atoms with Crippen LogP contribution in [-0.2, 0) is 6.18 Å². The number of hydrogen-bond donors (Lipinski definition) is 1. The van der Waals surface area contributed by atoms with E-state index in [0.717, 1.165) is 19.5 Å². The van der Waals surface area contributed by atoms with Crippen molar-refractivity contribution in [1.82, 2.24) is 15.1 Å². The minimum absolute atomic E-state index is 0.0168. The zero-order valence-electron chi connectivity index (χ0n) is 17.0. The van der Waals surface area contributed by atoms with Crippen LogP contribution < -0.4 is 5.84 Å². The van der Waals surface area contributed by atoms with Gasteiger partial charge in [-0.05, 0) is 31.1 Å². The summed E-state index contributed by atoms with van der Waals surface area (Å²) in [5.41, 5.74) is 0.853. The van der Waals surface area contributed by atoms with E-state index in [0.29, 0.717) is 29.4 Å². The zero-order valence-corrected chi connectivity index (χ0v) is 17.0. The average Bonchev–Trinajstić information content (AvgIpc) is 3.38. The van der Waals surface area contributed by atoms with E-state index in [-0.39, 0.29) is 11.6 Å². The van der Waals surface area contributed by atoms with Gasteiger partial charge in [-0.1, -0.05) is 49.2 Å². The highest BCUT2D eigenvalue weighted by atomic mass is 19.4. The Morgan fingerprint density at radius 2 is 1.93 bits per heavy atom. The molecule has 1 aliphatic rings. The fraction of sp³-hybridized carbons (Fsp3) is 0.571. The number of Topliss-reactive ketones (excluding diaryl/α,β-unsaturated/α-hetero) is 1. The minimum atomic E-state index is -4.69. The van der Waals surface area contributed by atoms with Gasteiger partial charge in [0, 0.05) is 30.6 Å². The molecule has 30 heavy (non-hydrogen) atoms. The van der Waals surface area contributed by atoms with E-state index in [1.165, 1.54) is 37.8 Å². The Morgan fingerprint density at radius 3 is 2.53 bits per heavy atom. The molecule has 1 fully saturated rings. The van der Waals surface area contributed by atoms with Crippen LogP contribution in [0.2, 0.25) is 0 Å². The van der Waals surface area contributed by atoms with Crippen LogP contribution in [0.1, 0.15) is 61.7 Å². The molecule has 0 amide bonds. The Labute approximate surface area is 173 Å². The molecule has 1 heterocycles. The van der Waals surface area contributed by atoms with E-state index in [9.17, 15) is 18.0 Å². The molecule has 1 saturated carbocycles. The quantitative estimate of drug-likeness (QED) is 0.356. The van der Waals surface area contributed by atoms with Crippen molar-refractivity contribution in [3.8, 4) is 11.4 Å². The van der Waals surface area contributed by atoms with Gasteiger partial charge in [0.25, 0.3) is 0 Å². The largest absolute Gasteiger partial charge is 0.471 e. The van der Waals surface area contributed by atoms with Crippen LogP contribution in [-0.4, -0.2) is 34.0 Å². The number of halogens is 3. The summed E-state index contributed by atoms with van der Waals surface area (Å²) in [4.78, 5) is 15.8. The Balaban J connectivity index is 1.47. The summed E-state index contributed by atoms with van der Waals surface area (Å²) in [5.74, 6) is 5.53. The standard InChI is InChI=1S/C21H27F3N4O2/c1-14(12-28(25)13-15-4-2-3-5-15)6-11-18(29)16-7-9-17(10-8-16)19-26-20(30-27-19)21(22,23)24/h7-10,14-15H,2-6,11-13,25H2,1H3/t14-/m0/s1. The number of hydrogen-bond acceptors (Lipinski definition) is 6. The maximum absolute atomic E-state index is 12.6. The molecular formula is C21H27F3N4O2. The molecule has 0 spiro atoms. The molecule has 0 saturated heterocycles. The smallest absolute Gasteiger partial charge is 0.329 e. The third kappa shape index (κ3) is 6.12. The van der Waals surface area contributed by atoms with Crippen molar-refractivity contribution in [3.05, 3.63) is 35.7 Å². The number of hydrazine groups is 1. The van der Waals surface area contributed by atoms with Crippen molar-refractivity contribution in [2.24, 2.45) is 17.7 Å². The molecule has 2 aromatic rings. The van der Waals surface area contributed by atoms with Crippen molar-refractivity contribution >= 4 is 5.78 Å². The first kappa shape index (κ1) is 22.4. The number of ketones is 1. The molecule has 9 heteroatoms. The lowest BCUT2D eigenvalue weighted by Gasteiger charge is -2.23. The fourth-order valence-corrected chi connectivity index (χ4v) is 3.87. The molecule has 2 N–H and O–H groups in total. The SMILES string of the molecule is C[C@@H](CCC(=O)c1ccc(-c2noc(C(F)(F)F)n2)cc1)CN(N)CC1CCCC1. The zero-order chi connectivity index (χ0) is 21.7. The normalized spacial score (nSPS) is 16.3. The van der Waals surface area contributed by atoms with Gasteiger partial charge in [0.05, 0.1) is 0 Å². The molecular weight excluding hydrogens is 397 g/mol. The number of alkyl halides is 3. The van der Waals surface area contributed by atoms with E-state index in [2.05, 4.69) is 21.6 Å². The fourth-order valence-electron chi connectivity index (χ4n) is 3.87. The van der Waals surface area contributed by atoms with Gasteiger partial charge in [0.1, 0.15) is 0 Å². The molecule has 164 valence electrons. The van der Waals surface area contributed by atoms with Crippen LogP contribution in [0.4, 0.5) is 13.2 Å². The van der Waals surface area contributed by atoms with Gasteiger partial charge < -0.3 is 4.52 Å². The van der Waals surface area contributed by atoms with Crippen LogP contribution in [0.15, 0.2) is 28.8 Å². The van der Waals surface area contributed by atoms with Crippen LogP contribution in [0.3, 0.4) is 0 Å². The van der Waals surface area contributed by atoms with Gasteiger partial charge in [-0.25, -0.2) is 5.01 Å². The first-order valence-electron chi connectivity index (χ1n) is 10.3. The number of carbonyl (C=O) groups excluding carboxylic acids is 1. The number of nitrogens with zero attached hydrogens (tertiary/aromatic N) is 3. The molecule has 6 nitrogen and oxygen atoms in total. The second-order valence-electron chi connectivity index (χ2n) is 8.17. The molecule has 0 bridgehead atoms. The summed E-state index contributed by atoms with van der Waals surface area (Å²) < 4.78 is 41.9. The van der Waals surface area contributed by atoms with Gasteiger partial charge >= 0.3 is 12.1 Å². The highest BCUT2D eigenvalue weighted by Crippen LogP contribution is 2.29. The summed E-state index contributed by atoms with van der Waals surface area (Å²) >= 11 is 0. The van der Waals surface area contributed by atoms with E-state index >= 15 is 0 Å². The van der Waals surface area contributed by atoms with Crippen molar-refractivity contribution in [3.63, 3.8) is 0 Å². The van der Waals surface area contributed by atoms with E-state index in [4.69, 9.17) is 5.84 Å². The lowest BCUT2D eigenvalue weighted by atomic mass is 9.98. The second-order valence-corrected chi connectivity index (χ2v) is 8.17. The summed E-state index contributed by atoms with van der Waals surface area (Å²) in [5, 5.41) is 5.22. The highest BCUT2D eigenvalue weighted by molar-refractivity contribution is 5.96. The second kappa shape index (κ2) is 9.70. The van der Waals surface area contributed by atoms with E-state index in [1.807, 2.05) is 5.01 Å². The predicted octanol–water partition coefficient (Wildman–Crippen LogP) is 4.72. The van der Waals surface area contributed by atoms with Crippen LogP contribution in [0.25, 0.3) is 11.4 Å². The number of nitrogens with two attached hydrogens (primary N) is 1. The monoisotopic (exact) mass is 424 g/mol. The first-order chi connectivity index (χ1) is 14.2. The van der Waals surface area contributed by atoms with Crippen LogP contribution in [0, 0.1) is 11.8 Å². The summed E-state index contributed by atoms with van der Waals surface area (Å²) in [6.07, 6.45) is 1.50. The first-order valence-corrected chi connectivity index (χ1v) is 10.3. The molecule has 0 unspecified atom stereocenters. The molecule has 1 aromatic carbocycles. The topological polar surface area (TPSA) is 85.2 Å². The highest BCUT2D eigenvalue weighted by Gasteiger charge is 2.38. The molecule has 1 aromatic heterocycles. The van der Waals surface area contributed by atoms with E-state index < -0.39 is 12.1 Å². The molecule has 1 aliphatic carbocycles. The summed E-state index contributed by atoms with van der Waals surface area (Å²) in [7, 11) is 0. The number of aromatic nitrogens is 2. The van der Waals surface area contributed by atoms with Crippen molar-refractivity contribution in [2.75, 3.05) is 13.1 Å². The lowest BCUT2D eigenvalue weighted by molar-refractivity contribution is -0.159. The molecule has 0 radical (unpaired) electrons. The average molecular weight is 424 g/mol. The maximum atomic E-state index is 12.6. The number of benzene rings is 1. The summed E-state index contributed by atoms with van der Waals surface area (Å²) in [6.45, 7) is 3.74. The van der Waals surface area contributed by atoms with Crippen molar-refractivity contribution in [2.45, 2.75) is 51.6 Å². The van der Waals surface area contributed by atoms with Crippen molar-refractivity contribution < 1.29 is 22.5 Å². The minimum Gasteiger partial charge on any atom is -0.329 e. The van der Waals surface area contributed by atoms with Gasteiger partial charge in [0.2, 0.25) is 5.82 Å². The van der Waals surface area contributed by atoms with Gasteiger partial charge in [-0.2, -0.15) is 18.2 Å². The molecule has 3 rings (SSSR count). The van der Waals surface area contributed by atoms with Gasteiger partial charge in [-0.3, -0.25) is 10.6 Å². The van der Waals surface area contributed by atoms with Crippen LogP contribution >= 0.6 is 0 Å². The van der Waals surface area contributed by atoms with Crippen molar-refractivity contribution in [1.29, 1.82) is 0 Å². The van der Waals surface area contributed by atoms with E-state index in [1.54, 1.807) is 12.1 Å². The lowest BCUT2D eigenvalue weighted by Crippen LogP contribution is -2.38. The molecule has 0 aliphatic heterocycles. The van der Waals surface area contributed by atoms with Crippen LogP contribution in [0.5, 0.6) is 0 Å². The number of carbonyl (C=O) groups is 1. The summed E-state index contributed by atoms with van der Waals surface area (Å²) in [6, 6.07) is 6.18.